The Hall–Kier alpha value is -3.37. The van der Waals surface area contributed by atoms with Crippen LogP contribution in [-0.4, -0.2) is 67.9 Å². The second kappa shape index (κ2) is 8.53. The van der Waals surface area contributed by atoms with Crippen LogP contribution in [0.4, 0.5) is 0 Å². The predicted octanol–water partition coefficient (Wildman–Crippen LogP) is 1.84. The van der Waals surface area contributed by atoms with E-state index >= 15 is 0 Å². The second-order valence-corrected chi connectivity index (χ2v) is 9.89. The summed E-state index contributed by atoms with van der Waals surface area (Å²) in [7, 11) is -3.76. The van der Waals surface area contributed by atoms with Gasteiger partial charge in [-0.05, 0) is 18.2 Å². The Bertz CT molecular complexity index is 1380. The molecule has 2 aliphatic heterocycles. The van der Waals surface area contributed by atoms with Crippen LogP contribution < -0.4 is 15.0 Å². The summed E-state index contributed by atoms with van der Waals surface area (Å²) in [5, 5.41) is 0.657. The summed E-state index contributed by atoms with van der Waals surface area (Å²) < 4.78 is 39.0. The highest BCUT2D eigenvalue weighted by molar-refractivity contribution is 7.89. The number of aromatic nitrogens is 1. The highest BCUT2D eigenvalue weighted by Gasteiger charge is 2.32. The molecular weight excluding hydrogens is 446 g/mol. The number of piperazine rings is 1. The van der Waals surface area contributed by atoms with Gasteiger partial charge in [-0.1, -0.05) is 18.2 Å². The van der Waals surface area contributed by atoms with Gasteiger partial charge in [-0.15, -0.1) is 0 Å². The molecule has 1 amide bonds. The van der Waals surface area contributed by atoms with Crippen molar-refractivity contribution in [3.05, 3.63) is 64.4 Å². The van der Waals surface area contributed by atoms with Crippen molar-refractivity contribution in [3.63, 3.8) is 0 Å². The Kier molecular flexibility index (Phi) is 5.55. The number of sulfonamides is 1. The van der Waals surface area contributed by atoms with E-state index in [1.807, 2.05) is 0 Å². The number of benzene rings is 2. The van der Waals surface area contributed by atoms with Crippen molar-refractivity contribution in [1.29, 1.82) is 0 Å². The van der Waals surface area contributed by atoms with E-state index in [9.17, 15) is 18.0 Å². The Morgan fingerprint density at radius 1 is 0.909 bits per heavy atom. The second-order valence-electron chi connectivity index (χ2n) is 7.95. The van der Waals surface area contributed by atoms with Crippen molar-refractivity contribution < 1.29 is 22.7 Å². The predicted molar refractivity (Wildman–Crippen MR) is 121 cm³/mol. The summed E-state index contributed by atoms with van der Waals surface area (Å²) >= 11 is 0. The van der Waals surface area contributed by atoms with E-state index in [1.165, 1.54) is 22.5 Å². The van der Waals surface area contributed by atoms with E-state index in [0.29, 0.717) is 41.2 Å². The topological polar surface area (TPSA) is 109 Å². The first kappa shape index (κ1) is 21.5. The number of amides is 1. The van der Waals surface area contributed by atoms with Gasteiger partial charge in [0.2, 0.25) is 15.6 Å². The summed E-state index contributed by atoms with van der Waals surface area (Å²) in [6, 6.07) is 13.0. The van der Waals surface area contributed by atoms with E-state index in [0.717, 1.165) is 6.42 Å². The monoisotopic (exact) mass is 469 g/mol. The van der Waals surface area contributed by atoms with Gasteiger partial charge in [0.15, 0.2) is 11.5 Å². The minimum atomic E-state index is -3.76. The Morgan fingerprint density at radius 2 is 1.64 bits per heavy atom. The van der Waals surface area contributed by atoms with Crippen LogP contribution in [0.15, 0.2) is 58.2 Å². The quantitative estimate of drug-likeness (QED) is 0.627. The zero-order valence-electron chi connectivity index (χ0n) is 17.8. The summed E-state index contributed by atoms with van der Waals surface area (Å²) in [4.78, 5) is 29.6. The average Bonchev–Trinajstić information content (AvgIpc) is 3.08. The van der Waals surface area contributed by atoms with E-state index in [4.69, 9.17) is 9.47 Å². The number of nitrogens with one attached hydrogen (secondary N) is 1. The zero-order valence-corrected chi connectivity index (χ0v) is 18.6. The van der Waals surface area contributed by atoms with Gasteiger partial charge >= 0.3 is 0 Å². The van der Waals surface area contributed by atoms with Gasteiger partial charge in [-0.2, -0.15) is 4.31 Å². The molecule has 5 rings (SSSR count). The standard InChI is InChI=1S/C23H23N3O6S/c27-22-15-18(17-4-1-2-5-19(17)24-22)23(28)25-8-10-26(11-9-25)33(29,30)16-6-7-20-21(14-16)32-13-3-12-31-20/h1-2,4-7,14-15H,3,8-13H2,(H,24,27). The van der Waals surface area contributed by atoms with Gasteiger partial charge in [-0.3, -0.25) is 9.59 Å². The lowest BCUT2D eigenvalue weighted by Crippen LogP contribution is -2.50. The van der Waals surface area contributed by atoms with Crippen LogP contribution in [0.25, 0.3) is 10.9 Å². The van der Waals surface area contributed by atoms with Gasteiger partial charge in [0.25, 0.3) is 5.91 Å². The molecule has 0 bridgehead atoms. The summed E-state index contributed by atoms with van der Waals surface area (Å²) in [5.74, 6) is 0.667. The molecule has 3 heterocycles. The molecule has 1 fully saturated rings. The number of pyridine rings is 1. The molecule has 9 nitrogen and oxygen atoms in total. The number of rotatable bonds is 3. The lowest BCUT2D eigenvalue weighted by molar-refractivity contribution is 0.0699. The van der Waals surface area contributed by atoms with Crippen LogP contribution in [0.1, 0.15) is 16.8 Å². The summed E-state index contributed by atoms with van der Waals surface area (Å²) in [6.07, 6.45) is 0.731. The fraction of sp³-hybridized carbons (Fsp3) is 0.304. The molecule has 0 aliphatic carbocycles. The Labute approximate surface area is 190 Å². The number of carbonyl (C=O) groups is 1. The third-order valence-electron chi connectivity index (χ3n) is 5.86. The molecule has 1 saturated heterocycles. The van der Waals surface area contributed by atoms with Crippen LogP contribution in [0.3, 0.4) is 0 Å². The number of carbonyl (C=O) groups excluding carboxylic acids is 1. The third-order valence-corrected chi connectivity index (χ3v) is 7.76. The Morgan fingerprint density at radius 3 is 2.42 bits per heavy atom. The molecule has 0 spiro atoms. The molecule has 3 aromatic rings. The van der Waals surface area contributed by atoms with Gasteiger partial charge in [0.05, 0.1) is 23.7 Å². The SMILES string of the molecule is O=C(c1cc(=O)[nH]c2ccccc12)N1CCN(S(=O)(=O)c2ccc3c(c2)OCCCO3)CC1. The van der Waals surface area contributed by atoms with Crippen LogP contribution in [0, 0.1) is 0 Å². The van der Waals surface area contributed by atoms with Gasteiger partial charge < -0.3 is 19.4 Å². The molecule has 0 atom stereocenters. The third kappa shape index (κ3) is 4.07. The molecule has 0 radical (unpaired) electrons. The molecule has 0 unspecified atom stereocenters. The van der Waals surface area contributed by atoms with Crippen LogP contribution in [0.2, 0.25) is 0 Å². The maximum atomic E-state index is 13.2. The van der Waals surface area contributed by atoms with Gasteiger partial charge in [-0.25, -0.2) is 8.42 Å². The molecule has 2 aliphatic rings. The molecule has 0 saturated carbocycles. The number of nitrogens with zero attached hydrogens (tertiary/aromatic N) is 2. The first-order chi connectivity index (χ1) is 15.9. The van der Waals surface area contributed by atoms with Crippen LogP contribution in [0.5, 0.6) is 11.5 Å². The highest BCUT2D eigenvalue weighted by Crippen LogP contribution is 2.33. The smallest absolute Gasteiger partial charge is 0.254 e. The Balaban J connectivity index is 1.34. The normalized spacial score (nSPS) is 17.0. The average molecular weight is 470 g/mol. The maximum absolute atomic E-state index is 13.2. The van der Waals surface area contributed by atoms with E-state index < -0.39 is 10.0 Å². The molecule has 172 valence electrons. The molecule has 2 aromatic carbocycles. The van der Waals surface area contributed by atoms with E-state index in [2.05, 4.69) is 4.98 Å². The van der Waals surface area contributed by atoms with Gasteiger partial charge in [0, 0.05) is 55.6 Å². The number of H-pyrrole nitrogens is 1. The minimum Gasteiger partial charge on any atom is -0.490 e. The zero-order chi connectivity index (χ0) is 23.0. The molecule has 1 N–H and O–H groups in total. The number of hydrogen-bond acceptors (Lipinski definition) is 6. The summed E-state index contributed by atoms with van der Waals surface area (Å²) in [6.45, 7) is 1.76. The van der Waals surface area contributed by atoms with Crippen molar-refractivity contribution in [3.8, 4) is 11.5 Å². The van der Waals surface area contributed by atoms with Crippen molar-refractivity contribution >= 4 is 26.8 Å². The van der Waals surface area contributed by atoms with E-state index in [1.54, 1.807) is 35.2 Å². The van der Waals surface area contributed by atoms with Gasteiger partial charge in [0.1, 0.15) is 0 Å². The molecule has 10 heteroatoms. The van der Waals surface area contributed by atoms with Crippen molar-refractivity contribution in [2.75, 3.05) is 39.4 Å². The number of fused-ring (bicyclic) bond motifs is 2. The first-order valence-corrected chi connectivity index (χ1v) is 12.2. The van der Waals surface area contributed by atoms with Crippen molar-refractivity contribution in [2.24, 2.45) is 0 Å². The number of aromatic amines is 1. The highest BCUT2D eigenvalue weighted by atomic mass is 32.2. The van der Waals surface area contributed by atoms with Crippen molar-refractivity contribution in [2.45, 2.75) is 11.3 Å². The molecular formula is C23H23N3O6S. The lowest BCUT2D eigenvalue weighted by Gasteiger charge is -2.34. The number of para-hydroxylation sites is 1. The summed E-state index contributed by atoms with van der Waals surface area (Å²) in [5.41, 5.74) is 0.546. The number of ether oxygens (including phenoxy) is 2. The number of hydrogen-bond donors (Lipinski definition) is 1. The van der Waals surface area contributed by atoms with E-state index in [-0.39, 0.29) is 42.5 Å². The minimum absolute atomic E-state index is 0.132. The fourth-order valence-corrected chi connectivity index (χ4v) is 5.57. The maximum Gasteiger partial charge on any atom is 0.254 e. The lowest BCUT2D eigenvalue weighted by atomic mass is 10.1. The van der Waals surface area contributed by atoms with Crippen LogP contribution >= 0.6 is 0 Å². The van der Waals surface area contributed by atoms with Crippen molar-refractivity contribution in [1.82, 2.24) is 14.2 Å². The largest absolute Gasteiger partial charge is 0.490 e. The van der Waals surface area contributed by atoms with Crippen LogP contribution in [-0.2, 0) is 10.0 Å². The molecule has 1 aromatic heterocycles. The molecule has 33 heavy (non-hydrogen) atoms. The fourth-order valence-electron chi connectivity index (χ4n) is 4.14. The first-order valence-electron chi connectivity index (χ1n) is 10.7.